The van der Waals surface area contributed by atoms with Crippen molar-refractivity contribution in [2.45, 2.75) is 19.7 Å². The molecular formula is C20H16ClN3S. The number of aryl methyl sites for hydroxylation is 2. The molecule has 0 bridgehead atoms. The summed E-state index contributed by atoms with van der Waals surface area (Å²) in [5, 5.41) is 0. The lowest BCUT2D eigenvalue weighted by Crippen LogP contribution is -1.97. The van der Waals surface area contributed by atoms with Crippen molar-refractivity contribution in [3.63, 3.8) is 0 Å². The van der Waals surface area contributed by atoms with E-state index in [1.54, 1.807) is 0 Å². The van der Waals surface area contributed by atoms with Gasteiger partial charge in [0.05, 0.1) is 29.0 Å². The number of hydrogen-bond acceptors (Lipinski definition) is 4. The topological polar surface area (TPSA) is 38.7 Å². The molecule has 4 rings (SSSR count). The van der Waals surface area contributed by atoms with Gasteiger partial charge in [0.2, 0.25) is 0 Å². The van der Waals surface area contributed by atoms with Crippen molar-refractivity contribution in [3.05, 3.63) is 65.4 Å². The molecule has 2 aromatic carbocycles. The van der Waals surface area contributed by atoms with E-state index in [2.05, 4.69) is 71.1 Å². The number of pyridine rings is 1. The third kappa shape index (κ3) is 2.92. The van der Waals surface area contributed by atoms with Crippen LogP contribution >= 0.6 is 23.3 Å². The average Bonchev–Trinajstić information content (AvgIpc) is 3.11. The zero-order chi connectivity index (χ0) is 17.4. The maximum absolute atomic E-state index is 6.26. The predicted molar refractivity (Wildman–Crippen MR) is 105 cm³/mol. The lowest BCUT2D eigenvalue weighted by atomic mass is 9.99. The maximum atomic E-state index is 6.26. The summed E-state index contributed by atoms with van der Waals surface area (Å²) in [6.07, 6.45) is 0. The summed E-state index contributed by atoms with van der Waals surface area (Å²) in [6.45, 7) is 4.15. The van der Waals surface area contributed by atoms with E-state index in [0.717, 1.165) is 39.1 Å². The van der Waals surface area contributed by atoms with Crippen molar-refractivity contribution in [1.82, 2.24) is 13.7 Å². The number of alkyl halides is 1. The highest BCUT2D eigenvalue weighted by Gasteiger charge is 2.19. The van der Waals surface area contributed by atoms with E-state index >= 15 is 0 Å². The van der Waals surface area contributed by atoms with Crippen molar-refractivity contribution in [2.75, 3.05) is 0 Å². The van der Waals surface area contributed by atoms with Crippen molar-refractivity contribution in [2.24, 2.45) is 0 Å². The molecule has 0 radical (unpaired) electrons. The van der Waals surface area contributed by atoms with Gasteiger partial charge in [-0.15, -0.1) is 11.6 Å². The SMILES string of the molecule is Cc1ccc(-c2nc(CCl)c(-c3ccc(C)cc3)c3nsnc23)cc1. The van der Waals surface area contributed by atoms with Crippen molar-refractivity contribution in [1.29, 1.82) is 0 Å². The Hall–Kier alpha value is -2.30. The Kier molecular flexibility index (Phi) is 4.24. The van der Waals surface area contributed by atoms with Crippen LogP contribution in [0.1, 0.15) is 16.8 Å². The van der Waals surface area contributed by atoms with Gasteiger partial charge in [0.25, 0.3) is 0 Å². The molecule has 0 atom stereocenters. The molecule has 3 nitrogen and oxygen atoms in total. The predicted octanol–water partition coefficient (Wildman–Crippen LogP) is 5.78. The first kappa shape index (κ1) is 16.2. The molecule has 25 heavy (non-hydrogen) atoms. The van der Waals surface area contributed by atoms with Crippen LogP contribution in [-0.2, 0) is 5.88 Å². The van der Waals surface area contributed by atoms with E-state index in [1.807, 2.05) is 0 Å². The summed E-state index contributed by atoms with van der Waals surface area (Å²) < 4.78 is 9.08. The highest BCUT2D eigenvalue weighted by Crippen LogP contribution is 2.36. The van der Waals surface area contributed by atoms with Crippen LogP contribution in [0.25, 0.3) is 33.4 Å². The molecule has 4 aromatic rings. The first-order chi connectivity index (χ1) is 12.2. The minimum absolute atomic E-state index is 0.329. The van der Waals surface area contributed by atoms with Crippen LogP contribution in [0, 0.1) is 13.8 Å². The Morgan fingerprint density at radius 1 is 0.800 bits per heavy atom. The van der Waals surface area contributed by atoms with Crippen LogP contribution < -0.4 is 0 Å². The van der Waals surface area contributed by atoms with Crippen LogP contribution in [0.2, 0.25) is 0 Å². The highest BCUT2D eigenvalue weighted by atomic mass is 35.5. The fraction of sp³-hybridized carbons (Fsp3) is 0.150. The lowest BCUT2D eigenvalue weighted by molar-refractivity contribution is 1.19. The first-order valence-electron chi connectivity index (χ1n) is 8.02. The van der Waals surface area contributed by atoms with Gasteiger partial charge < -0.3 is 0 Å². The summed E-state index contributed by atoms with van der Waals surface area (Å²) in [5.74, 6) is 0.329. The standard InChI is InChI=1S/C20H16ClN3S/c1-12-3-7-14(8-4-12)17-16(11-21)22-18(20-19(17)23-25-24-20)15-9-5-13(2)6-10-15/h3-10H,11H2,1-2H3. The van der Waals surface area contributed by atoms with Crippen LogP contribution in [0.3, 0.4) is 0 Å². The minimum Gasteiger partial charge on any atom is -0.248 e. The molecule has 2 heterocycles. The van der Waals surface area contributed by atoms with E-state index < -0.39 is 0 Å². The third-order valence-electron chi connectivity index (χ3n) is 4.28. The van der Waals surface area contributed by atoms with Gasteiger partial charge in [0.1, 0.15) is 11.0 Å². The van der Waals surface area contributed by atoms with Gasteiger partial charge in [-0.1, -0.05) is 59.7 Å². The largest absolute Gasteiger partial charge is 0.248 e. The first-order valence-corrected chi connectivity index (χ1v) is 9.29. The van der Waals surface area contributed by atoms with E-state index in [0.29, 0.717) is 5.88 Å². The summed E-state index contributed by atoms with van der Waals surface area (Å²) in [6, 6.07) is 16.7. The third-order valence-corrected chi connectivity index (χ3v) is 5.06. The Morgan fingerprint density at radius 3 is 1.96 bits per heavy atom. The van der Waals surface area contributed by atoms with Gasteiger partial charge in [-0.2, -0.15) is 8.75 Å². The summed E-state index contributed by atoms with van der Waals surface area (Å²) in [7, 11) is 0. The zero-order valence-electron chi connectivity index (χ0n) is 14.0. The molecule has 124 valence electrons. The molecular weight excluding hydrogens is 350 g/mol. The Labute approximate surface area is 155 Å². The molecule has 2 aromatic heterocycles. The molecule has 0 N–H and O–H groups in total. The van der Waals surface area contributed by atoms with E-state index in [-0.39, 0.29) is 0 Å². The fourth-order valence-electron chi connectivity index (χ4n) is 2.92. The van der Waals surface area contributed by atoms with E-state index in [9.17, 15) is 0 Å². The van der Waals surface area contributed by atoms with Gasteiger partial charge in [-0.25, -0.2) is 4.98 Å². The van der Waals surface area contributed by atoms with Gasteiger partial charge in [-0.3, -0.25) is 0 Å². The molecule has 0 spiro atoms. The summed E-state index contributed by atoms with van der Waals surface area (Å²) >= 11 is 7.47. The van der Waals surface area contributed by atoms with E-state index in [1.165, 1.54) is 22.9 Å². The van der Waals surface area contributed by atoms with Crippen LogP contribution in [-0.4, -0.2) is 13.7 Å². The summed E-state index contributed by atoms with van der Waals surface area (Å²) in [4.78, 5) is 4.86. The van der Waals surface area contributed by atoms with Gasteiger partial charge in [0.15, 0.2) is 0 Å². The average molecular weight is 366 g/mol. The number of rotatable bonds is 3. The Morgan fingerprint density at radius 2 is 1.36 bits per heavy atom. The Bertz CT molecular complexity index is 1040. The van der Waals surface area contributed by atoms with Crippen molar-refractivity contribution >= 4 is 34.4 Å². The van der Waals surface area contributed by atoms with Gasteiger partial charge >= 0.3 is 0 Å². The molecule has 5 heteroatoms. The second kappa shape index (κ2) is 6.54. The molecule has 0 aliphatic heterocycles. The monoisotopic (exact) mass is 365 g/mol. The number of hydrogen-bond donors (Lipinski definition) is 0. The highest BCUT2D eigenvalue weighted by molar-refractivity contribution is 7.00. The molecule has 0 amide bonds. The smallest absolute Gasteiger partial charge is 0.131 e. The molecule has 0 aliphatic rings. The maximum Gasteiger partial charge on any atom is 0.131 e. The number of fused-ring (bicyclic) bond motifs is 1. The number of aromatic nitrogens is 3. The quantitative estimate of drug-likeness (QED) is 0.432. The molecule has 0 aliphatic carbocycles. The molecule has 0 unspecified atom stereocenters. The van der Waals surface area contributed by atoms with Gasteiger partial charge in [0, 0.05) is 11.1 Å². The van der Waals surface area contributed by atoms with Crippen LogP contribution in [0.15, 0.2) is 48.5 Å². The molecule has 0 saturated carbocycles. The second-order valence-electron chi connectivity index (χ2n) is 6.11. The van der Waals surface area contributed by atoms with Crippen LogP contribution in [0.5, 0.6) is 0 Å². The lowest BCUT2D eigenvalue weighted by Gasteiger charge is -2.11. The number of halogens is 1. The van der Waals surface area contributed by atoms with Crippen molar-refractivity contribution < 1.29 is 0 Å². The zero-order valence-corrected chi connectivity index (χ0v) is 15.5. The van der Waals surface area contributed by atoms with Crippen LogP contribution in [0.4, 0.5) is 0 Å². The second-order valence-corrected chi connectivity index (χ2v) is 6.90. The summed E-state index contributed by atoms with van der Waals surface area (Å²) in [5.41, 5.74) is 8.89. The van der Waals surface area contributed by atoms with Gasteiger partial charge in [-0.05, 0) is 19.4 Å². The number of benzene rings is 2. The minimum atomic E-state index is 0.329. The van der Waals surface area contributed by atoms with Crippen molar-refractivity contribution in [3.8, 4) is 22.4 Å². The number of nitrogens with zero attached hydrogens (tertiary/aromatic N) is 3. The van der Waals surface area contributed by atoms with E-state index in [4.69, 9.17) is 16.6 Å². The fourth-order valence-corrected chi connectivity index (χ4v) is 3.67. The Balaban J connectivity index is 2.00. The molecule has 0 saturated heterocycles. The normalized spacial score (nSPS) is 11.2. The molecule has 0 fully saturated rings.